The summed E-state index contributed by atoms with van der Waals surface area (Å²) in [7, 11) is 0. The first-order valence-corrected chi connectivity index (χ1v) is 10.2. The standard InChI is InChI=1S/C19H19Cl2N3OS/c1-2-25-13-6-7-15-17(12-13)26-19(22-15)24-10-8-23(9-11-24)16-5-3-4-14(20)18(16)21/h3-7,12H,2,8-11H2,1H3. The molecule has 0 radical (unpaired) electrons. The summed E-state index contributed by atoms with van der Waals surface area (Å²) >= 11 is 14.2. The van der Waals surface area contributed by atoms with Gasteiger partial charge in [0.25, 0.3) is 0 Å². The van der Waals surface area contributed by atoms with E-state index in [0.717, 1.165) is 53.0 Å². The van der Waals surface area contributed by atoms with Crippen molar-refractivity contribution in [2.45, 2.75) is 6.92 Å². The molecule has 2 heterocycles. The minimum atomic E-state index is 0.600. The average Bonchev–Trinajstić information content (AvgIpc) is 3.08. The van der Waals surface area contributed by atoms with Crippen LogP contribution in [0, 0.1) is 0 Å². The van der Waals surface area contributed by atoms with Gasteiger partial charge in [-0.15, -0.1) is 0 Å². The first-order chi connectivity index (χ1) is 12.7. The van der Waals surface area contributed by atoms with E-state index in [1.807, 2.05) is 37.3 Å². The molecule has 1 aromatic heterocycles. The molecule has 1 aliphatic rings. The second kappa shape index (κ2) is 7.51. The maximum atomic E-state index is 6.36. The molecule has 0 spiro atoms. The number of benzene rings is 2. The monoisotopic (exact) mass is 407 g/mol. The summed E-state index contributed by atoms with van der Waals surface area (Å²) in [6.07, 6.45) is 0. The molecule has 1 saturated heterocycles. The number of piperazine rings is 1. The number of anilines is 2. The van der Waals surface area contributed by atoms with Crippen molar-refractivity contribution < 1.29 is 4.74 Å². The van der Waals surface area contributed by atoms with E-state index in [9.17, 15) is 0 Å². The van der Waals surface area contributed by atoms with Gasteiger partial charge >= 0.3 is 0 Å². The van der Waals surface area contributed by atoms with Gasteiger partial charge in [-0.2, -0.15) is 0 Å². The highest BCUT2D eigenvalue weighted by Crippen LogP contribution is 2.35. The van der Waals surface area contributed by atoms with E-state index in [2.05, 4.69) is 15.9 Å². The van der Waals surface area contributed by atoms with Crippen molar-refractivity contribution in [3.63, 3.8) is 0 Å². The van der Waals surface area contributed by atoms with Crippen molar-refractivity contribution in [3.8, 4) is 5.75 Å². The Morgan fingerprint density at radius 3 is 2.62 bits per heavy atom. The molecule has 4 rings (SSSR count). The largest absolute Gasteiger partial charge is 0.494 e. The molecule has 1 aliphatic heterocycles. The Hall–Kier alpha value is -1.69. The summed E-state index contributed by atoms with van der Waals surface area (Å²) in [4.78, 5) is 9.41. The predicted molar refractivity (Wildman–Crippen MR) is 112 cm³/mol. The second-order valence-corrected chi connectivity index (χ2v) is 7.90. The van der Waals surface area contributed by atoms with Crippen LogP contribution in [0.1, 0.15) is 6.92 Å². The third kappa shape index (κ3) is 3.43. The molecular weight excluding hydrogens is 389 g/mol. The Labute approximate surface area is 166 Å². The normalized spacial score (nSPS) is 14.9. The molecule has 0 bridgehead atoms. The maximum Gasteiger partial charge on any atom is 0.186 e. The van der Waals surface area contributed by atoms with Crippen molar-refractivity contribution in [3.05, 3.63) is 46.4 Å². The Balaban J connectivity index is 1.49. The zero-order valence-electron chi connectivity index (χ0n) is 14.4. The molecule has 0 N–H and O–H groups in total. The van der Waals surface area contributed by atoms with E-state index < -0.39 is 0 Å². The van der Waals surface area contributed by atoms with Crippen molar-refractivity contribution in [1.82, 2.24) is 4.98 Å². The summed E-state index contributed by atoms with van der Waals surface area (Å²) in [5.74, 6) is 0.899. The number of aromatic nitrogens is 1. The average molecular weight is 408 g/mol. The fourth-order valence-electron chi connectivity index (χ4n) is 3.16. The van der Waals surface area contributed by atoms with Crippen molar-refractivity contribution in [2.24, 2.45) is 0 Å². The number of ether oxygens (including phenoxy) is 1. The molecule has 0 atom stereocenters. The van der Waals surface area contributed by atoms with Crippen LogP contribution in [-0.4, -0.2) is 37.8 Å². The number of rotatable bonds is 4. The van der Waals surface area contributed by atoms with Crippen LogP contribution in [0.5, 0.6) is 5.75 Å². The maximum absolute atomic E-state index is 6.36. The molecule has 4 nitrogen and oxygen atoms in total. The lowest BCUT2D eigenvalue weighted by Gasteiger charge is -2.36. The lowest BCUT2D eigenvalue weighted by molar-refractivity contribution is 0.341. The molecule has 26 heavy (non-hydrogen) atoms. The van der Waals surface area contributed by atoms with Crippen molar-refractivity contribution in [1.29, 1.82) is 0 Å². The van der Waals surface area contributed by atoms with Gasteiger partial charge in [0.15, 0.2) is 5.13 Å². The smallest absolute Gasteiger partial charge is 0.186 e. The van der Waals surface area contributed by atoms with Crippen LogP contribution in [0.4, 0.5) is 10.8 Å². The van der Waals surface area contributed by atoms with E-state index >= 15 is 0 Å². The van der Waals surface area contributed by atoms with Crippen molar-refractivity contribution in [2.75, 3.05) is 42.6 Å². The van der Waals surface area contributed by atoms with Gasteiger partial charge in [-0.1, -0.05) is 40.6 Å². The van der Waals surface area contributed by atoms with Gasteiger partial charge in [0.05, 0.1) is 32.6 Å². The third-order valence-corrected chi connectivity index (χ3v) is 6.37. The quantitative estimate of drug-likeness (QED) is 0.584. The number of thiazole rings is 1. The van der Waals surface area contributed by atoms with E-state index in [-0.39, 0.29) is 0 Å². The number of fused-ring (bicyclic) bond motifs is 1. The highest BCUT2D eigenvalue weighted by molar-refractivity contribution is 7.22. The first-order valence-electron chi connectivity index (χ1n) is 8.63. The summed E-state index contributed by atoms with van der Waals surface area (Å²) < 4.78 is 6.75. The Bertz CT molecular complexity index is 922. The van der Waals surface area contributed by atoms with Gasteiger partial charge in [0, 0.05) is 26.2 Å². The van der Waals surface area contributed by atoms with Gasteiger partial charge in [0.2, 0.25) is 0 Å². The molecule has 1 fully saturated rings. The van der Waals surface area contributed by atoms with Crippen LogP contribution in [0.25, 0.3) is 10.2 Å². The van der Waals surface area contributed by atoms with Crippen molar-refractivity contribution >= 4 is 55.6 Å². The fourth-order valence-corrected chi connectivity index (χ4v) is 4.62. The van der Waals surface area contributed by atoms with Crippen LogP contribution in [0.15, 0.2) is 36.4 Å². The molecule has 0 amide bonds. The predicted octanol–water partition coefficient (Wildman–Crippen LogP) is 5.33. The lowest BCUT2D eigenvalue weighted by Crippen LogP contribution is -2.46. The van der Waals surface area contributed by atoms with E-state index in [0.29, 0.717) is 16.7 Å². The highest BCUT2D eigenvalue weighted by Gasteiger charge is 2.22. The first kappa shape index (κ1) is 17.7. The molecule has 7 heteroatoms. The zero-order chi connectivity index (χ0) is 18.1. The summed E-state index contributed by atoms with van der Waals surface area (Å²) in [6, 6.07) is 11.9. The topological polar surface area (TPSA) is 28.6 Å². The van der Waals surface area contributed by atoms with Crippen LogP contribution in [0.2, 0.25) is 10.0 Å². The zero-order valence-corrected chi connectivity index (χ0v) is 16.7. The molecule has 0 unspecified atom stereocenters. The Kier molecular flexibility index (Phi) is 5.11. The van der Waals surface area contributed by atoms with Gasteiger partial charge in [-0.3, -0.25) is 0 Å². The third-order valence-electron chi connectivity index (χ3n) is 4.48. The second-order valence-electron chi connectivity index (χ2n) is 6.11. The molecule has 3 aromatic rings. The SMILES string of the molecule is CCOc1ccc2nc(N3CCN(c4cccc(Cl)c4Cl)CC3)sc2c1. The van der Waals surface area contributed by atoms with Crippen LogP contribution >= 0.6 is 34.5 Å². The minimum absolute atomic E-state index is 0.600. The number of hydrogen-bond acceptors (Lipinski definition) is 5. The van der Waals surface area contributed by atoms with Crippen LogP contribution in [0.3, 0.4) is 0 Å². The fraction of sp³-hybridized carbons (Fsp3) is 0.316. The lowest BCUT2D eigenvalue weighted by atomic mass is 10.2. The van der Waals surface area contributed by atoms with Gasteiger partial charge < -0.3 is 14.5 Å². The molecule has 2 aromatic carbocycles. The molecular formula is C19H19Cl2N3OS. The Morgan fingerprint density at radius 1 is 1.08 bits per heavy atom. The number of halogens is 2. The van der Waals surface area contributed by atoms with Gasteiger partial charge in [-0.25, -0.2) is 4.98 Å². The molecule has 0 aliphatic carbocycles. The Morgan fingerprint density at radius 2 is 1.85 bits per heavy atom. The molecule has 136 valence electrons. The highest BCUT2D eigenvalue weighted by atomic mass is 35.5. The summed E-state index contributed by atoms with van der Waals surface area (Å²) in [5.41, 5.74) is 2.03. The number of nitrogens with zero attached hydrogens (tertiary/aromatic N) is 3. The van der Waals surface area contributed by atoms with E-state index in [4.69, 9.17) is 32.9 Å². The van der Waals surface area contributed by atoms with Gasteiger partial charge in [-0.05, 0) is 37.3 Å². The molecule has 0 saturated carbocycles. The summed E-state index contributed by atoms with van der Waals surface area (Å²) in [6.45, 7) is 6.25. The van der Waals surface area contributed by atoms with E-state index in [1.165, 1.54) is 0 Å². The summed E-state index contributed by atoms with van der Waals surface area (Å²) in [5, 5.41) is 2.29. The minimum Gasteiger partial charge on any atom is -0.494 e. The van der Waals surface area contributed by atoms with Crippen LogP contribution < -0.4 is 14.5 Å². The van der Waals surface area contributed by atoms with Gasteiger partial charge in [0.1, 0.15) is 5.75 Å². The van der Waals surface area contributed by atoms with E-state index in [1.54, 1.807) is 11.3 Å². The number of hydrogen-bond donors (Lipinski definition) is 0. The van der Waals surface area contributed by atoms with Crippen LogP contribution in [-0.2, 0) is 0 Å².